The van der Waals surface area contributed by atoms with Gasteiger partial charge < -0.3 is 20.5 Å². The van der Waals surface area contributed by atoms with Gasteiger partial charge in [-0.15, -0.1) is 11.3 Å². The second-order valence-electron chi connectivity index (χ2n) is 8.80. The summed E-state index contributed by atoms with van der Waals surface area (Å²) in [6, 6.07) is 14.7. The van der Waals surface area contributed by atoms with Crippen molar-refractivity contribution in [2.24, 2.45) is 5.92 Å². The number of benzene rings is 2. The summed E-state index contributed by atoms with van der Waals surface area (Å²) >= 11 is 1.21. The van der Waals surface area contributed by atoms with Gasteiger partial charge in [0.05, 0.1) is 6.04 Å². The molecule has 1 unspecified atom stereocenters. The maximum absolute atomic E-state index is 12.5. The molecule has 0 aliphatic heterocycles. The molecule has 3 N–H and O–H groups in total. The molecule has 4 rings (SSSR count). The lowest BCUT2D eigenvalue weighted by Crippen LogP contribution is -2.44. The monoisotopic (exact) mass is 493 g/mol. The van der Waals surface area contributed by atoms with E-state index < -0.39 is 30.1 Å². The molecule has 0 bridgehead atoms. The van der Waals surface area contributed by atoms with Crippen LogP contribution in [0.3, 0.4) is 0 Å². The molecular formula is C26H27N3O5S. The number of ether oxygens (including phenoxy) is 1. The number of aliphatic carboxylic acids is 1. The Morgan fingerprint density at radius 1 is 1.00 bits per heavy atom. The zero-order valence-corrected chi connectivity index (χ0v) is 20.5. The molecule has 1 heterocycles. The van der Waals surface area contributed by atoms with E-state index >= 15 is 0 Å². The van der Waals surface area contributed by atoms with Crippen LogP contribution in [-0.2, 0) is 9.53 Å². The second-order valence-corrected chi connectivity index (χ2v) is 9.69. The molecule has 0 saturated heterocycles. The zero-order valence-electron chi connectivity index (χ0n) is 19.6. The van der Waals surface area contributed by atoms with Crippen molar-refractivity contribution in [3.8, 4) is 11.1 Å². The molecule has 0 spiro atoms. The number of rotatable bonds is 8. The maximum atomic E-state index is 12.5. The van der Waals surface area contributed by atoms with Crippen molar-refractivity contribution in [1.82, 2.24) is 15.6 Å². The van der Waals surface area contributed by atoms with Crippen LogP contribution in [-0.4, -0.2) is 40.7 Å². The number of carbonyl (C=O) groups excluding carboxylic acids is 2. The van der Waals surface area contributed by atoms with E-state index in [0.717, 1.165) is 22.3 Å². The molecule has 0 radical (unpaired) electrons. The van der Waals surface area contributed by atoms with Crippen LogP contribution in [0.15, 0.2) is 53.9 Å². The normalized spacial score (nSPS) is 14.1. The Kier molecular flexibility index (Phi) is 7.16. The third-order valence-electron chi connectivity index (χ3n) is 6.02. The van der Waals surface area contributed by atoms with E-state index in [1.165, 1.54) is 11.3 Å². The van der Waals surface area contributed by atoms with Gasteiger partial charge in [0.25, 0.3) is 5.91 Å². The number of hydrogen-bond acceptors (Lipinski definition) is 6. The zero-order chi connectivity index (χ0) is 25.1. The van der Waals surface area contributed by atoms with Gasteiger partial charge in [0, 0.05) is 11.3 Å². The van der Waals surface area contributed by atoms with E-state index in [1.807, 2.05) is 24.3 Å². The van der Waals surface area contributed by atoms with Crippen LogP contribution in [0.5, 0.6) is 0 Å². The fourth-order valence-corrected chi connectivity index (χ4v) is 5.00. The van der Waals surface area contributed by atoms with Gasteiger partial charge in [-0.2, -0.15) is 0 Å². The lowest BCUT2D eigenvalue weighted by molar-refractivity contribution is -0.140. The van der Waals surface area contributed by atoms with Gasteiger partial charge in [-0.05, 0) is 35.1 Å². The van der Waals surface area contributed by atoms with Gasteiger partial charge in [-0.25, -0.2) is 14.6 Å². The lowest BCUT2D eigenvalue weighted by atomic mass is 9.98. The number of carboxylic acid groups (broad SMARTS) is 1. The number of hydrogen-bond donors (Lipinski definition) is 3. The molecule has 8 nitrogen and oxygen atoms in total. The number of aromatic nitrogens is 1. The number of thiazole rings is 1. The Bertz CT molecular complexity index is 1210. The Labute approximate surface area is 207 Å². The van der Waals surface area contributed by atoms with Crippen molar-refractivity contribution in [3.63, 3.8) is 0 Å². The van der Waals surface area contributed by atoms with Crippen LogP contribution in [0.25, 0.3) is 11.1 Å². The smallest absolute Gasteiger partial charge is 0.407 e. The van der Waals surface area contributed by atoms with Crippen LogP contribution in [0, 0.1) is 5.92 Å². The molecule has 9 heteroatoms. The van der Waals surface area contributed by atoms with Crippen molar-refractivity contribution in [1.29, 1.82) is 0 Å². The summed E-state index contributed by atoms with van der Waals surface area (Å²) in [6.45, 7) is 5.37. The minimum Gasteiger partial charge on any atom is -0.480 e. The third kappa shape index (κ3) is 5.19. The number of nitrogens with zero attached hydrogens (tertiary/aromatic N) is 1. The predicted octanol–water partition coefficient (Wildman–Crippen LogP) is 4.58. The summed E-state index contributed by atoms with van der Waals surface area (Å²) in [5, 5.41) is 16.6. The predicted molar refractivity (Wildman–Crippen MR) is 132 cm³/mol. The van der Waals surface area contributed by atoms with Gasteiger partial charge >= 0.3 is 12.1 Å². The first-order valence-corrected chi connectivity index (χ1v) is 12.2. The Morgan fingerprint density at radius 3 is 2.17 bits per heavy atom. The molecule has 3 aromatic rings. The van der Waals surface area contributed by atoms with Crippen LogP contribution in [0.4, 0.5) is 4.79 Å². The molecule has 1 aliphatic rings. The Balaban J connectivity index is 1.36. The molecule has 2 amide bonds. The molecule has 35 heavy (non-hydrogen) atoms. The van der Waals surface area contributed by atoms with Gasteiger partial charge in [0.1, 0.15) is 23.4 Å². The largest absolute Gasteiger partial charge is 0.480 e. The summed E-state index contributed by atoms with van der Waals surface area (Å²) < 4.78 is 5.57. The van der Waals surface area contributed by atoms with Crippen molar-refractivity contribution >= 4 is 29.3 Å². The lowest BCUT2D eigenvalue weighted by Gasteiger charge is -2.17. The summed E-state index contributed by atoms with van der Waals surface area (Å²) in [7, 11) is 0. The highest BCUT2D eigenvalue weighted by Gasteiger charge is 2.29. The molecule has 0 saturated carbocycles. The van der Waals surface area contributed by atoms with Gasteiger partial charge in [-0.1, -0.05) is 62.4 Å². The van der Waals surface area contributed by atoms with E-state index in [2.05, 4.69) is 39.9 Å². The number of fused-ring (bicyclic) bond motifs is 3. The highest BCUT2D eigenvalue weighted by Crippen LogP contribution is 2.44. The third-order valence-corrected chi connectivity index (χ3v) is 7.05. The van der Waals surface area contributed by atoms with Crippen LogP contribution >= 0.6 is 11.3 Å². The van der Waals surface area contributed by atoms with Gasteiger partial charge in [-0.3, -0.25) is 4.79 Å². The minimum absolute atomic E-state index is 0.0400. The average Bonchev–Trinajstić information content (AvgIpc) is 3.44. The molecular weight excluding hydrogens is 466 g/mol. The Morgan fingerprint density at radius 2 is 1.60 bits per heavy atom. The molecule has 1 aliphatic carbocycles. The van der Waals surface area contributed by atoms with Crippen LogP contribution in [0.2, 0.25) is 0 Å². The number of nitrogens with one attached hydrogen (secondary N) is 2. The van der Waals surface area contributed by atoms with E-state index in [1.54, 1.807) is 26.2 Å². The van der Waals surface area contributed by atoms with E-state index in [4.69, 9.17) is 4.74 Å². The Hall–Kier alpha value is -3.72. The van der Waals surface area contributed by atoms with Crippen molar-refractivity contribution in [3.05, 3.63) is 75.7 Å². The molecule has 182 valence electrons. The first-order valence-electron chi connectivity index (χ1n) is 11.4. The number of amides is 2. The molecule has 0 fully saturated rings. The first-order chi connectivity index (χ1) is 16.8. The highest BCUT2D eigenvalue weighted by molar-refractivity contribution is 7.09. The summed E-state index contributed by atoms with van der Waals surface area (Å²) in [4.78, 5) is 40.6. The molecule has 1 aromatic heterocycles. The van der Waals surface area contributed by atoms with Gasteiger partial charge in [0.2, 0.25) is 0 Å². The molecule has 2 atom stereocenters. The van der Waals surface area contributed by atoms with E-state index in [9.17, 15) is 19.5 Å². The summed E-state index contributed by atoms with van der Waals surface area (Å²) in [5.41, 5.74) is 4.68. The number of carbonyl (C=O) groups is 3. The highest BCUT2D eigenvalue weighted by atomic mass is 32.1. The topological polar surface area (TPSA) is 118 Å². The number of alkyl carbamates (subject to hydrolysis) is 1. The van der Waals surface area contributed by atoms with E-state index in [-0.39, 0.29) is 24.1 Å². The van der Waals surface area contributed by atoms with Crippen molar-refractivity contribution in [2.45, 2.75) is 38.8 Å². The van der Waals surface area contributed by atoms with Crippen LogP contribution < -0.4 is 10.6 Å². The average molecular weight is 494 g/mol. The fraction of sp³-hybridized carbons (Fsp3) is 0.308. The maximum Gasteiger partial charge on any atom is 0.407 e. The standard InChI is InChI=1S/C26H27N3O5S/c1-14(2)22(25(31)32)29-23(30)21-13-35-24(28-21)15(3)27-26(33)34-12-20-18-10-6-4-8-16(18)17-9-5-7-11-19(17)20/h4-11,13-15,20,22H,12H2,1-3H3,(H,27,33)(H,29,30)(H,31,32)/t15?,22-/m0/s1. The van der Waals surface area contributed by atoms with Crippen molar-refractivity contribution in [2.75, 3.05) is 6.61 Å². The fourth-order valence-electron chi connectivity index (χ4n) is 4.20. The summed E-state index contributed by atoms with van der Waals surface area (Å²) in [5.74, 6) is -1.98. The van der Waals surface area contributed by atoms with Gasteiger partial charge in [0.15, 0.2) is 0 Å². The van der Waals surface area contributed by atoms with E-state index in [0.29, 0.717) is 5.01 Å². The first kappa shape index (κ1) is 24.4. The molecule has 2 aromatic carbocycles. The SMILES string of the molecule is CC(NC(=O)OCC1c2ccccc2-c2ccccc21)c1nc(C(=O)N[C@H](C(=O)O)C(C)C)cs1. The van der Waals surface area contributed by atoms with Crippen molar-refractivity contribution < 1.29 is 24.2 Å². The summed E-state index contributed by atoms with van der Waals surface area (Å²) in [6.07, 6.45) is -0.577. The quantitative estimate of drug-likeness (QED) is 0.423. The van der Waals surface area contributed by atoms with Crippen LogP contribution in [0.1, 0.15) is 59.4 Å². The minimum atomic E-state index is -1.10. The number of carboxylic acids is 1. The second kappa shape index (κ2) is 10.3.